The van der Waals surface area contributed by atoms with Crippen LogP contribution >= 0.6 is 0 Å². The Labute approximate surface area is 217 Å². The SMILES string of the molecule is CCN1CCC(N2CC[C@H](N(C)C(=O)COCCN(C)S(=O)(=O)c3c(C)cc(OC)cc3C)C2)CC1. The highest BCUT2D eigenvalue weighted by atomic mass is 32.2. The third-order valence-electron chi connectivity index (χ3n) is 7.77. The number of piperidine rings is 1. The van der Waals surface area contributed by atoms with E-state index in [-0.39, 0.29) is 36.6 Å². The highest BCUT2D eigenvalue weighted by molar-refractivity contribution is 7.89. The van der Waals surface area contributed by atoms with Crippen LogP contribution in [-0.4, -0.2) is 119 Å². The van der Waals surface area contributed by atoms with Crippen molar-refractivity contribution in [2.75, 3.05) is 73.7 Å². The summed E-state index contributed by atoms with van der Waals surface area (Å²) >= 11 is 0. The van der Waals surface area contributed by atoms with Gasteiger partial charge in [-0.1, -0.05) is 6.92 Å². The highest BCUT2D eigenvalue weighted by Gasteiger charge is 2.33. The number of benzene rings is 1. The predicted octanol–water partition coefficient (Wildman–Crippen LogP) is 1.97. The third kappa shape index (κ3) is 6.77. The molecule has 0 aromatic heterocycles. The van der Waals surface area contributed by atoms with Crippen LogP contribution in [0.2, 0.25) is 0 Å². The van der Waals surface area contributed by atoms with E-state index in [1.807, 2.05) is 11.9 Å². The Morgan fingerprint density at radius 1 is 1.08 bits per heavy atom. The van der Waals surface area contributed by atoms with Crippen molar-refractivity contribution in [1.82, 2.24) is 19.0 Å². The Kier molecular flexibility index (Phi) is 10.2. The van der Waals surface area contributed by atoms with Crippen molar-refractivity contribution in [3.8, 4) is 5.75 Å². The lowest BCUT2D eigenvalue weighted by Crippen LogP contribution is -2.46. The molecule has 1 aromatic carbocycles. The van der Waals surface area contributed by atoms with Crippen LogP contribution in [0, 0.1) is 13.8 Å². The van der Waals surface area contributed by atoms with Crippen molar-refractivity contribution in [2.24, 2.45) is 0 Å². The average Bonchev–Trinajstić information content (AvgIpc) is 3.35. The molecule has 2 aliphatic rings. The van der Waals surface area contributed by atoms with Gasteiger partial charge in [-0.15, -0.1) is 0 Å². The van der Waals surface area contributed by atoms with Crippen LogP contribution in [-0.2, 0) is 19.6 Å². The summed E-state index contributed by atoms with van der Waals surface area (Å²) in [5.41, 5.74) is 1.27. The Morgan fingerprint density at radius 3 is 2.31 bits per heavy atom. The van der Waals surface area contributed by atoms with E-state index < -0.39 is 10.0 Å². The number of aryl methyl sites for hydroxylation is 2. The van der Waals surface area contributed by atoms with Crippen LogP contribution in [0.5, 0.6) is 5.75 Å². The summed E-state index contributed by atoms with van der Waals surface area (Å²) in [6.45, 7) is 11.4. The van der Waals surface area contributed by atoms with Crippen molar-refractivity contribution in [1.29, 1.82) is 0 Å². The number of methoxy groups -OCH3 is 1. The smallest absolute Gasteiger partial charge is 0.248 e. The summed E-state index contributed by atoms with van der Waals surface area (Å²) in [5, 5.41) is 0. The van der Waals surface area contributed by atoms with Gasteiger partial charge in [0.1, 0.15) is 12.4 Å². The molecule has 0 radical (unpaired) electrons. The molecule has 10 heteroatoms. The molecule has 9 nitrogen and oxygen atoms in total. The van der Waals surface area contributed by atoms with E-state index in [1.54, 1.807) is 33.1 Å². The van der Waals surface area contributed by atoms with Crippen molar-refractivity contribution in [3.63, 3.8) is 0 Å². The van der Waals surface area contributed by atoms with E-state index in [0.29, 0.717) is 22.9 Å². The third-order valence-corrected chi connectivity index (χ3v) is 9.93. The summed E-state index contributed by atoms with van der Waals surface area (Å²) in [7, 11) is 1.26. The molecule has 0 aliphatic carbocycles. The second-order valence-electron chi connectivity index (χ2n) is 10.1. The number of sulfonamides is 1. The zero-order chi connectivity index (χ0) is 26.5. The van der Waals surface area contributed by atoms with Crippen molar-refractivity contribution < 1.29 is 22.7 Å². The van der Waals surface area contributed by atoms with Gasteiger partial charge < -0.3 is 19.3 Å². The molecule has 2 aliphatic heterocycles. The van der Waals surface area contributed by atoms with E-state index in [4.69, 9.17) is 9.47 Å². The van der Waals surface area contributed by atoms with E-state index in [0.717, 1.165) is 39.1 Å². The Morgan fingerprint density at radius 2 is 1.72 bits per heavy atom. The van der Waals surface area contributed by atoms with Gasteiger partial charge in [0.2, 0.25) is 15.9 Å². The molecule has 1 aromatic rings. The number of carbonyl (C=O) groups excluding carboxylic acids is 1. The first kappa shape index (κ1) is 28.8. The first-order valence-electron chi connectivity index (χ1n) is 13.0. The Hall–Kier alpha value is -1.72. The van der Waals surface area contributed by atoms with Gasteiger partial charge in [0.15, 0.2) is 0 Å². The van der Waals surface area contributed by atoms with Crippen LogP contribution < -0.4 is 4.74 Å². The monoisotopic (exact) mass is 524 g/mol. The van der Waals surface area contributed by atoms with Crippen LogP contribution in [0.15, 0.2) is 17.0 Å². The molecule has 3 rings (SSSR count). The molecule has 2 fully saturated rings. The maximum absolute atomic E-state index is 13.1. The largest absolute Gasteiger partial charge is 0.497 e. The van der Waals surface area contributed by atoms with E-state index in [2.05, 4.69) is 16.7 Å². The molecule has 204 valence electrons. The average molecular weight is 525 g/mol. The van der Waals surface area contributed by atoms with Gasteiger partial charge in [-0.2, -0.15) is 4.31 Å². The van der Waals surface area contributed by atoms with Gasteiger partial charge in [-0.3, -0.25) is 9.69 Å². The Bertz CT molecular complexity index is 971. The number of likely N-dealkylation sites (tertiary alicyclic amines) is 2. The number of likely N-dealkylation sites (N-methyl/N-ethyl adjacent to an activating group) is 2. The quantitative estimate of drug-likeness (QED) is 0.409. The number of carbonyl (C=O) groups is 1. The summed E-state index contributed by atoms with van der Waals surface area (Å²) in [4.78, 5) is 19.9. The van der Waals surface area contributed by atoms with Crippen LogP contribution in [0.4, 0.5) is 0 Å². The minimum Gasteiger partial charge on any atom is -0.497 e. The molecule has 2 heterocycles. The summed E-state index contributed by atoms with van der Waals surface area (Å²) < 4.78 is 38.4. The molecule has 2 saturated heterocycles. The lowest BCUT2D eigenvalue weighted by Gasteiger charge is -2.36. The van der Waals surface area contributed by atoms with Crippen molar-refractivity contribution in [3.05, 3.63) is 23.3 Å². The second-order valence-corrected chi connectivity index (χ2v) is 12.1. The molecule has 0 saturated carbocycles. The molecule has 1 atom stereocenters. The topological polar surface area (TPSA) is 82.6 Å². The number of hydrogen-bond donors (Lipinski definition) is 0. The van der Waals surface area contributed by atoms with E-state index in [1.165, 1.54) is 24.2 Å². The standard InChI is InChI=1S/C26H44N4O5S/c1-7-29-11-8-22(9-12-29)30-13-10-23(18-30)28(5)25(31)19-35-15-14-27(4)36(32,33)26-20(2)16-24(34-6)17-21(26)3/h16-17,22-23H,7-15,18-19H2,1-6H3/t23-/m0/s1. The maximum Gasteiger partial charge on any atom is 0.248 e. The predicted molar refractivity (Wildman–Crippen MR) is 141 cm³/mol. The second kappa shape index (κ2) is 12.7. The van der Waals surface area contributed by atoms with Gasteiger partial charge in [-0.25, -0.2) is 8.42 Å². The molecule has 0 unspecified atom stereocenters. The lowest BCUT2D eigenvalue weighted by atomic mass is 10.0. The van der Waals surface area contributed by atoms with Crippen molar-refractivity contribution >= 4 is 15.9 Å². The summed E-state index contributed by atoms with van der Waals surface area (Å²) in [6, 6.07) is 4.26. The molecule has 0 N–H and O–H groups in total. The zero-order valence-corrected chi connectivity index (χ0v) is 23.6. The first-order chi connectivity index (χ1) is 17.1. The molecule has 1 amide bonds. The minimum atomic E-state index is -3.68. The fraction of sp³-hybridized carbons (Fsp3) is 0.731. The molecule has 0 spiro atoms. The van der Waals surface area contributed by atoms with Gasteiger partial charge in [0, 0.05) is 45.8 Å². The maximum atomic E-state index is 13.1. The molecular formula is C26H44N4O5S. The van der Waals surface area contributed by atoms with Crippen molar-refractivity contribution in [2.45, 2.75) is 57.0 Å². The normalized spacial score (nSPS) is 20.2. The summed E-state index contributed by atoms with van der Waals surface area (Å²) in [6.07, 6.45) is 3.39. The molecule has 0 bridgehead atoms. The Balaban J connectivity index is 1.43. The van der Waals surface area contributed by atoms with Crippen LogP contribution in [0.1, 0.15) is 37.3 Å². The molecule has 36 heavy (non-hydrogen) atoms. The first-order valence-corrected chi connectivity index (χ1v) is 14.4. The number of amides is 1. The summed E-state index contributed by atoms with van der Waals surface area (Å²) in [5.74, 6) is 0.569. The van der Waals surface area contributed by atoms with Crippen LogP contribution in [0.3, 0.4) is 0 Å². The van der Waals surface area contributed by atoms with Gasteiger partial charge in [0.25, 0.3) is 0 Å². The lowest BCUT2D eigenvalue weighted by molar-refractivity contribution is -0.136. The fourth-order valence-electron chi connectivity index (χ4n) is 5.39. The van der Waals surface area contributed by atoms with Gasteiger partial charge >= 0.3 is 0 Å². The minimum absolute atomic E-state index is 0.0453. The number of ether oxygens (including phenoxy) is 2. The van der Waals surface area contributed by atoms with Gasteiger partial charge in [0.05, 0.1) is 18.6 Å². The van der Waals surface area contributed by atoms with Crippen LogP contribution in [0.25, 0.3) is 0 Å². The highest BCUT2D eigenvalue weighted by Crippen LogP contribution is 2.28. The van der Waals surface area contributed by atoms with Gasteiger partial charge in [-0.05, 0) is 76.0 Å². The number of rotatable bonds is 11. The fourth-order valence-corrected chi connectivity index (χ4v) is 6.94. The zero-order valence-electron chi connectivity index (χ0n) is 22.8. The molecular weight excluding hydrogens is 480 g/mol. The number of hydrogen-bond acceptors (Lipinski definition) is 7. The number of nitrogens with zero attached hydrogens (tertiary/aromatic N) is 4. The van der Waals surface area contributed by atoms with E-state index in [9.17, 15) is 13.2 Å². The van der Waals surface area contributed by atoms with E-state index >= 15 is 0 Å².